The molecule has 2 aromatic rings. The van der Waals surface area contributed by atoms with Crippen molar-refractivity contribution in [2.24, 2.45) is 0 Å². The fourth-order valence-electron chi connectivity index (χ4n) is 1.61. The van der Waals surface area contributed by atoms with Crippen LogP contribution in [0.15, 0.2) is 40.2 Å². The van der Waals surface area contributed by atoms with Crippen LogP contribution in [0.4, 0.5) is 4.79 Å². The Morgan fingerprint density at radius 3 is 2.67 bits per heavy atom. The summed E-state index contributed by atoms with van der Waals surface area (Å²) in [5.41, 5.74) is 2.24. The standard InChI is InChI=1S/C13H12BrNO2S/c1-15(13(16)17)8-10-7-11(12(14)18-10)9-5-3-2-4-6-9/h2-7H,8H2,1H3,(H,16,17). The fraction of sp³-hybridized carbons (Fsp3) is 0.154. The van der Waals surface area contributed by atoms with Gasteiger partial charge < -0.3 is 10.0 Å². The average molecular weight is 326 g/mol. The molecule has 2 rings (SSSR count). The lowest BCUT2D eigenvalue weighted by Crippen LogP contribution is -2.23. The van der Waals surface area contributed by atoms with Gasteiger partial charge in [-0.1, -0.05) is 30.3 Å². The number of thiophene rings is 1. The van der Waals surface area contributed by atoms with Crippen molar-refractivity contribution in [1.29, 1.82) is 0 Å². The molecule has 94 valence electrons. The highest BCUT2D eigenvalue weighted by atomic mass is 79.9. The first-order chi connectivity index (χ1) is 8.58. The van der Waals surface area contributed by atoms with Crippen molar-refractivity contribution in [2.75, 3.05) is 7.05 Å². The van der Waals surface area contributed by atoms with Gasteiger partial charge in [0.2, 0.25) is 0 Å². The summed E-state index contributed by atoms with van der Waals surface area (Å²) in [6.07, 6.45) is -0.916. The third-order valence-electron chi connectivity index (χ3n) is 2.54. The number of amides is 1. The number of hydrogen-bond acceptors (Lipinski definition) is 2. The normalized spacial score (nSPS) is 10.3. The molecule has 0 aliphatic carbocycles. The van der Waals surface area contributed by atoms with Gasteiger partial charge in [0.15, 0.2) is 0 Å². The van der Waals surface area contributed by atoms with E-state index in [1.807, 2.05) is 36.4 Å². The molecule has 0 atom stereocenters. The molecule has 3 nitrogen and oxygen atoms in total. The van der Waals surface area contributed by atoms with E-state index in [4.69, 9.17) is 5.11 Å². The largest absolute Gasteiger partial charge is 0.465 e. The van der Waals surface area contributed by atoms with Crippen molar-refractivity contribution in [1.82, 2.24) is 4.90 Å². The summed E-state index contributed by atoms with van der Waals surface area (Å²) in [4.78, 5) is 13.1. The lowest BCUT2D eigenvalue weighted by atomic mass is 10.1. The molecule has 0 spiro atoms. The second-order valence-corrected chi connectivity index (χ2v) is 6.36. The van der Waals surface area contributed by atoms with Crippen LogP contribution in [0.1, 0.15) is 4.88 Å². The van der Waals surface area contributed by atoms with Gasteiger partial charge in [-0.2, -0.15) is 0 Å². The number of carbonyl (C=O) groups is 1. The molecule has 0 fully saturated rings. The highest BCUT2D eigenvalue weighted by Crippen LogP contribution is 2.36. The zero-order valence-electron chi connectivity index (χ0n) is 9.76. The van der Waals surface area contributed by atoms with E-state index in [1.165, 1.54) is 4.90 Å². The van der Waals surface area contributed by atoms with Gasteiger partial charge in [-0.25, -0.2) is 4.79 Å². The van der Waals surface area contributed by atoms with Crippen molar-refractivity contribution in [3.63, 3.8) is 0 Å². The van der Waals surface area contributed by atoms with E-state index in [9.17, 15) is 4.79 Å². The number of benzene rings is 1. The summed E-state index contributed by atoms with van der Waals surface area (Å²) < 4.78 is 1.03. The van der Waals surface area contributed by atoms with Crippen LogP contribution in [0.2, 0.25) is 0 Å². The van der Waals surface area contributed by atoms with E-state index in [0.29, 0.717) is 6.54 Å². The maximum atomic E-state index is 10.8. The lowest BCUT2D eigenvalue weighted by molar-refractivity contribution is 0.154. The van der Waals surface area contributed by atoms with Gasteiger partial charge in [0, 0.05) is 17.5 Å². The quantitative estimate of drug-likeness (QED) is 0.914. The van der Waals surface area contributed by atoms with Crippen LogP contribution in [-0.2, 0) is 6.54 Å². The summed E-state index contributed by atoms with van der Waals surface area (Å²) >= 11 is 5.10. The molecule has 1 N–H and O–H groups in total. The van der Waals surface area contributed by atoms with E-state index in [2.05, 4.69) is 15.9 Å². The summed E-state index contributed by atoms with van der Waals surface area (Å²) in [7, 11) is 1.57. The van der Waals surface area contributed by atoms with Crippen molar-refractivity contribution in [2.45, 2.75) is 6.54 Å². The first-order valence-electron chi connectivity index (χ1n) is 5.35. The Labute approximate surface area is 118 Å². The topological polar surface area (TPSA) is 40.5 Å². The minimum atomic E-state index is -0.916. The monoisotopic (exact) mass is 325 g/mol. The fourth-order valence-corrected chi connectivity index (χ4v) is 3.53. The van der Waals surface area contributed by atoms with Gasteiger partial charge in [-0.3, -0.25) is 0 Å². The Hall–Kier alpha value is -1.33. The summed E-state index contributed by atoms with van der Waals surface area (Å²) in [6.45, 7) is 0.408. The molecule has 1 amide bonds. The second kappa shape index (κ2) is 5.54. The van der Waals surface area contributed by atoms with Crippen LogP contribution in [-0.4, -0.2) is 23.1 Å². The molecule has 0 radical (unpaired) electrons. The van der Waals surface area contributed by atoms with Crippen LogP contribution in [0.5, 0.6) is 0 Å². The minimum absolute atomic E-state index is 0.408. The molecule has 0 bridgehead atoms. The molecule has 0 saturated heterocycles. The Bertz CT molecular complexity index is 553. The first kappa shape index (κ1) is 13.1. The number of carboxylic acid groups (broad SMARTS) is 1. The van der Waals surface area contributed by atoms with Gasteiger partial charge in [-0.15, -0.1) is 11.3 Å². The third-order valence-corrected chi connectivity index (χ3v) is 4.36. The zero-order chi connectivity index (χ0) is 13.1. The van der Waals surface area contributed by atoms with Gasteiger partial charge in [-0.05, 0) is 27.6 Å². The van der Waals surface area contributed by atoms with Crippen molar-refractivity contribution in [3.05, 3.63) is 45.1 Å². The third kappa shape index (κ3) is 2.91. The van der Waals surface area contributed by atoms with Crippen LogP contribution in [0.25, 0.3) is 11.1 Å². The SMILES string of the molecule is CN(Cc1cc(-c2ccccc2)c(Br)s1)C(=O)O. The maximum absolute atomic E-state index is 10.8. The number of rotatable bonds is 3. The number of nitrogens with zero attached hydrogens (tertiary/aromatic N) is 1. The molecule has 1 heterocycles. The van der Waals surface area contributed by atoms with Crippen LogP contribution in [0, 0.1) is 0 Å². The molecular formula is C13H12BrNO2S. The molecule has 0 aliphatic heterocycles. The van der Waals surface area contributed by atoms with Crippen molar-refractivity contribution in [3.8, 4) is 11.1 Å². The summed E-state index contributed by atoms with van der Waals surface area (Å²) in [5.74, 6) is 0. The van der Waals surface area contributed by atoms with Crippen molar-refractivity contribution >= 4 is 33.4 Å². The predicted octanol–water partition coefficient (Wildman–Crippen LogP) is 4.29. The summed E-state index contributed by atoms with van der Waals surface area (Å²) in [5, 5.41) is 8.86. The molecule has 0 unspecified atom stereocenters. The molecule has 1 aromatic heterocycles. The Morgan fingerprint density at radius 1 is 1.39 bits per heavy atom. The van der Waals surface area contributed by atoms with Crippen LogP contribution < -0.4 is 0 Å². The second-order valence-electron chi connectivity index (χ2n) is 3.90. The van der Waals surface area contributed by atoms with E-state index in [-0.39, 0.29) is 0 Å². The van der Waals surface area contributed by atoms with Gasteiger partial charge in [0.1, 0.15) is 0 Å². The van der Waals surface area contributed by atoms with E-state index in [0.717, 1.165) is 19.8 Å². The summed E-state index contributed by atoms with van der Waals surface area (Å²) in [6, 6.07) is 12.1. The maximum Gasteiger partial charge on any atom is 0.407 e. The molecule has 0 saturated carbocycles. The lowest BCUT2D eigenvalue weighted by Gasteiger charge is -2.10. The molecule has 5 heteroatoms. The average Bonchev–Trinajstić information content (AvgIpc) is 2.71. The van der Waals surface area contributed by atoms with Gasteiger partial charge in [0.25, 0.3) is 0 Å². The zero-order valence-corrected chi connectivity index (χ0v) is 12.2. The highest BCUT2D eigenvalue weighted by molar-refractivity contribution is 9.11. The van der Waals surface area contributed by atoms with Crippen LogP contribution >= 0.6 is 27.3 Å². The first-order valence-corrected chi connectivity index (χ1v) is 6.96. The van der Waals surface area contributed by atoms with E-state index < -0.39 is 6.09 Å². The highest BCUT2D eigenvalue weighted by Gasteiger charge is 2.12. The van der Waals surface area contributed by atoms with Gasteiger partial charge >= 0.3 is 6.09 Å². The van der Waals surface area contributed by atoms with E-state index in [1.54, 1.807) is 18.4 Å². The number of hydrogen-bond donors (Lipinski definition) is 1. The van der Waals surface area contributed by atoms with Crippen molar-refractivity contribution < 1.29 is 9.90 Å². The van der Waals surface area contributed by atoms with Crippen LogP contribution in [0.3, 0.4) is 0 Å². The van der Waals surface area contributed by atoms with E-state index >= 15 is 0 Å². The smallest absolute Gasteiger partial charge is 0.407 e. The minimum Gasteiger partial charge on any atom is -0.465 e. The molecular weight excluding hydrogens is 314 g/mol. The Balaban J connectivity index is 2.25. The molecule has 18 heavy (non-hydrogen) atoms. The van der Waals surface area contributed by atoms with Gasteiger partial charge in [0.05, 0.1) is 10.3 Å². The molecule has 1 aromatic carbocycles. The Morgan fingerprint density at radius 2 is 2.06 bits per heavy atom. The molecule has 0 aliphatic rings. The number of halogens is 1. The Kier molecular flexibility index (Phi) is 4.04. The predicted molar refractivity (Wildman–Crippen MR) is 76.9 cm³/mol.